The van der Waals surface area contributed by atoms with Crippen LogP contribution in [0.25, 0.3) is 0 Å². The van der Waals surface area contributed by atoms with Gasteiger partial charge in [-0.05, 0) is 12.1 Å². The number of benzene rings is 1. The fraction of sp³-hybridized carbons (Fsp3) is 0.100. The molecule has 0 unspecified atom stereocenters. The molecule has 0 aliphatic rings. The minimum atomic E-state index is -0.113. The lowest BCUT2D eigenvalue weighted by molar-refractivity contribution is 0.112. The molecule has 0 aromatic heterocycles. The maximum Gasteiger partial charge on any atom is 0.153 e. The van der Waals surface area contributed by atoms with Crippen LogP contribution < -0.4 is 4.74 Å². The lowest BCUT2D eigenvalue weighted by atomic mass is 10.2. The number of ether oxygens (including phenoxy) is 1. The molecule has 0 heterocycles. The molecule has 0 amide bonds. The molecule has 0 bridgehead atoms. The maximum absolute atomic E-state index is 10.4. The molecule has 0 atom stereocenters. The zero-order valence-electron chi connectivity index (χ0n) is 7.37. The van der Waals surface area contributed by atoms with Crippen LogP contribution in [0.5, 0.6) is 11.5 Å². The van der Waals surface area contributed by atoms with Gasteiger partial charge in [-0.3, -0.25) is 4.79 Å². The normalized spacial score (nSPS) is 9.50. The predicted molar refractivity (Wildman–Crippen MR) is 54.0 cm³/mol. The van der Waals surface area contributed by atoms with Gasteiger partial charge in [-0.1, -0.05) is 18.2 Å². The molecule has 1 N–H and O–H groups in total. The van der Waals surface area contributed by atoms with Crippen molar-refractivity contribution >= 4 is 17.9 Å². The van der Waals surface area contributed by atoms with Crippen molar-refractivity contribution < 1.29 is 14.6 Å². The number of halogens is 1. The van der Waals surface area contributed by atoms with Gasteiger partial charge in [0.25, 0.3) is 0 Å². The molecule has 0 radical (unpaired) electrons. The van der Waals surface area contributed by atoms with Crippen molar-refractivity contribution in [1.82, 2.24) is 0 Å². The van der Waals surface area contributed by atoms with E-state index in [4.69, 9.17) is 16.3 Å². The maximum atomic E-state index is 10.4. The van der Waals surface area contributed by atoms with Crippen LogP contribution in [0.2, 0.25) is 0 Å². The second-order valence-corrected chi connectivity index (χ2v) is 3.18. The van der Waals surface area contributed by atoms with Crippen LogP contribution in [-0.4, -0.2) is 18.0 Å². The molecule has 4 heteroatoms. The molecule has 0 fully saturated rings. The topological polar surface area (TPSA) is 46.5 Å². The van der Waals surface area contributed by atoms with Crippen LogP contribution in [0.3, 0.4) is 0 Å². The summed E-state index contributed by atoms with van der Waals surface area (Å²) >= 11 is 5.49. The van der Waals surface area contributed by atoms with Crippen LogP contribution in [0.4, 0.5) is 0 Å². The molecule has 1 rings (SSSR count). The zero-order chi connectivity index (χ0) is 10.6. The third kappa shape index (κ3) is 2.78. The summed E-state index contributed by atoms with van der Waals surface area (Å²) in [5.74, 6) is 0.326. The molecular formula is C10H9ClO3. The van der Waals surface area contributed by atoms with Crippen LogP contribution in [-0.2, 0) is 0 Å². The number of aromatic hydroxyl groups is 1. The van der Waals surface area contributed by atoms with Crippen LogP contribution in [0.1, 0.15) is 10.4 Å². The van der Waals surface area contributed by atoms with E-state index in [0.29, 0.717) is 17.1 Å². The highest BCUT2D eigenvalue weighted by molar-refractivity contribution is 6.29. The van der Waals surface area contributed by atoms with E-state index in [-0.39, 0.29) is 17.9 Å². The van der Waals surface area contributed by atoms with E-state index >= 15 is 0 Å². The zero-order valence-corrected chi connectivity index (χ0v) is 8.12. The SMILES string of the molecule is C=C(Cl)COc1ccc(C=O)c(O)c1. The van der Waals surface area contributed by atoms with E-state index < -0.39 is 0 Å². The van der Waals surface area contributed by atoms with Crippen molar-refractivity contribution in [2.45, 2.75) is 0 Å². The summed E-state index contributed by atoms with van der Waals surface area (Å²) in [6.45, 7) is 3.62. The molecule has 1 aromatic rings. The van der Waals surface area contributed by atoms with Crippen molar-refractivity contribution in [2.24, 2.45) is 0 Å². The predicted octanol–water partition coefficient (Wildman–Crippen LogP) is 2.34. The van der Waals surface area contributed by atoms with E-state index in [2.05, 4.69) is 6.58 Å². The molecule has 0 saturated heterocycles. The largest absolute Gasteiger partial charge is 0.507 e. The fourth-order valence-corrected chi connectivity index (χ4v) is 0.929. The van der Waals surface area contributed by atoms with Gasteiger partial charge in [0.2, 0.25) is 0 Å². The Bertz CT molecular complexity index is 360. The third-order valence-electron chi connectivity index (χ3n) is 1.52. The smallest absolute Gasteiger partial charge is 0.153 e. The first-order valence-corrected chi connectivity index (χ1v) is 4.25. The Labute approximate surface area is 86.6 Å². The molecule has 74 valence electrons. The molecule has 0 aliphatic carbocycles. The number of hydrogen-bond acceptors (Lipinski definition) is 3. The molecule has 14 heavy (non-hydrogen) atoms. The molecule has 0 aliphatic heterocycles. The third-order valence-corrected chi connectivity index (χ3v) is 1.63. The first kappa shape index (κ1) is 10.6. The summed E-state index contributed by atoms with van der Waals surface area (Å²) in [4.78, 5) is 10.4. The summed E-state index contributed by atoms with van der Waals surface area (Å²) in [5.41, 5.74) is 0.224. The van der Waals surface area contributed by atoms with Crippen molar-refractivity contribution in [2.75, 3.05) is 6.61 Å². The van der Waals surface area contributed by atoms with Gasteiger partial charge in [0.1, 0.15) is 18.1 Å². The van der Waals surface area contributed by atoms with Crippen molar-refractivity contribution in [3.63, 3.8) is 0 Å². The van der Waals surface area contributed by atoms with Crippen LogP contribution >= 0.6 is 11.6 Å². The lowest BCUT2D eigenvalue weighted by Gasteiger charge is -2.05. The molecular weight excluding hydrogens is 204 g/mol. The van der Waals surface area contributed by atoms with E-state index in [1.165, 1.54) is 12.1 Å². The highest BCUT2D eigenvalue weighted by Crippen LogP contribution is 2.22. The summed E-state index contributed by atoms with van der Waals surface area (Å²) in [6, 6.07) is 4.39. The van der Waals surface area contributed by atoms with Gasteiger partial charge in [-0.25, -0.2) is 0 Å². The number of carbonyl (C=O) groups excluding carboxylic acids is 1. The number of rotatable bonds is 4. The minimum absolute atomic E-state index is 0.113. The second-order valence-electron chi connectivity index (χ2n) is 2.64. The lowest BCUT2D eigenvalue weighted by Crippen LogP contribution is -1.96. The number of hydrogen-bond donors (Lipinski definition) is 1. The first-order valence-electron chi connectivity index (χ1n) is 3.87. The Kier molecular flexibility index (Phi) is 3.54. The summed E-state index contributed by atoms with van der Waals surface area (Å²) in [5, 5.41) is 9.65. The van der Waals surface area contributed by atoms with Gasteiger partial charge in [-0.15, -0.1) is 0 Å². The highest BCUT2D eigenvalue weighted by atomic mass is 35.5. The average Bonchev–Trinajstić information content (AvgIpc) is 2.15. The summed E-state index contributed by atoms with van der Waals surface area (Å²) < 4.78 is 5.14. The monoisotopic (exact) mass is 212 g/mol. The Morgan fingerprint density at radius 1 is 1.64 bits per heavy atom. The van der Waals surface area contributed by atoms with Gasteiger partial charge in [-0.2, -0.15) is 0 Å². The molecule has 1 aromatic carbocycles. The average molecular weight is 213 g/mol. The molecule has 0 saturated carbocycles. The van der Waals surface area contributed by atoms with Crippen molar-refractivity contribution in [3.05, 3.63) is 35.4 Å². The second kappa shape index (κ2) is 4.67. The van der Waals surface area contributed by atoms with Gasteiger partial charge < -0.3 is 9.84 Å². The summed E-state index contributed by atoms with van der Waals surface area (Å²) in [7, 11) is 0. The molecule has 0 spiro atoms. The van der Waals surface area contributed by atoms with Crippen LogP contribution in [0, 0.1) is 0 Å². The number of carbonyl (C=O) groups is 1. The Balaban J connectivity index is 2.76. The quantitative estimate of drug-likeness (QED) is 0.780. The van der Waals surface area contributed by atoms with Gasteiger partial charge in [0.15, 0.2) is 6.29 Å². The van der Waals surface area contributed by atoms with E-state index in [9.17, 15) is 9.90 Å². The number of phenols is 1. The fourth-order valence-electron chi connectivity index (χ4n) is 0.875. The van der Waals surface area contributed by atoms with Crippen molar-refractivity contribution in [3.8, 4) is 11.5 Å². The number of aldehydes is 1. The Morgan fingerprint density at radius 2 is 2.36 bits per heavy atom. The molecule has 3 nitrogen and oxygen atoms in total. The van der Waals surface area contributed by atoms with E-state index in [1.54, 1.807) is 6.07 Å². The van der Waals surface area contributed by atoms with E-state index in [0.717, 1.165) is 0 Å². The minimum Gasteiger partial charge on any atom is -0.507 e. The first-order chi connectivity index (χ1) is 6.63. The Morgan fingerprint density at radius 3 is 2.86 bits per heavy atom. The van der Waals surface area contributed by atoms with Gasteiger partial charge in [0, 0.05) is 11.1 Å². The standard InChI is InChI=1S/C10H9ClO3/c1-7(11)6-14-9-3-2-8(5-12)10(13)4-9/h2-5,13H,1,6H2. The number of phenolic OH excluding ortho intramolecular Hbond substituents is 1. The summed E-state index contributed by atoms with van der Waals surface area (Å²) in [6.07, 6.45) is 0.569. The van der Waals surface area contributed by atoms with Gasteiger partial charge >= 0.3 is 0 Å². The van der Waals surface area contributed by atoms with E-state index in [1.807, 2.05) is 0 Å². The Hall–Kier alpha value is -1.48. The van der Waals surface area contributed by atoms with Crippen molar-refractivity contribution in [1.29, 1.82) is 0 Å². The highest BCUT2D eigenvalue weighted by Gasteiger charge is 2.02. The van der Waals surface area contributed by atoms with Crippen LogP contribution in [0.15, 0.2) is 29.8 Å². The van der Waals surface area contributed by atoms with Gasteiger partial charge in [0.05, 0.1) is 5.56 Å².